The van der Waals surface area contributed by atoms with Gasteiger partial charge in [-0.25, -0.2) is 0 Å². The molecule has 0 saturated carbocycles. The second-order valence-electron chi connectivity index (χ2n) is 8.26. The number of hydrogen-bond acceptors (Lipinski definition) is 3. The van der Waals surface area contributed by atoms with E-state index in [1.54, 1.807) is 6.07 Å². The Hall–Kier alpha value is -3.51. The van der Waals surface area contributed by atoms with Crippen molar-refractivity contribution in [3.05, 3.63) is 137 Å². The maximum atomic E-state index is 12.5. The van der Waals surface area contributed by atoms with Gasteiger partial charge in [0.2, 0.25) is 0 Å². The summed E-state index contributed by atoms with van der Waals surface area (Å²) in [5, 5.41) is 10.2. The summed E-state index contributed by atoms with van der Waals surface area (Å²) in [6, 6.07) is 40.5. The standard InChI is InChI=1S/C29H21BrNO2P/c30-34(24-10-4-1-5-11-24,25-12-6-2-7-13-25,26-14-8-3-9-15-26)21-22-16-17-27-28(32)19-23(20-31)33-29(27)18-22/h1-19H,21H2. The third kappa shape index (κ3) is 3.59. The average Bonchev–Trinajstić information content (AvgIpc) is 2.90. The molecular formula is C29H21BrNO2P. The monoisotopic (exact) mass is 525 g/mol. The molecule has 4 aromatic carbocycles. The van der Waals surface area contributed by atoms with Gasteiger partial charge in [-0.15, -0.1) is 0 Å². The molecule has 0 atom stereocenters. The fourth-order valence-corrected chi connectivity index (χ4v) is 12.3. The molecule has 0 aliphatic heterocycles. The van der Waals surface area contributed by atoms with E-state index in [-0.39, 0.29) is 11.2 Å². The topological polar surface area (TPSA) is 54.0 Å². The zero-order valence-electron chi connectivity index (χ0n) is 18.3. The van der Waals surface area contributed by atoms with E-state index in [0.717, 1.165) is 5.56 Å². The summed E-state index contributed by atoms with van der Waals surface area (Å²) in [6.07, 6.45) is 0.667. The first-order valence-electron chi connectivity index (χ1n) is 10.9. The van der Waals surface area contributed by atoms with Gasteiger partial charge in [0.1, 0.15) is 0 Å². The first-order valence-corrected chi connectivity index (χ1v) is 15.3. The van der Waals surface area contributed by atoms with E-state index in [9.17, 15) is 10.1 Å². The molecule has 0 fully saturated rings. The summed E-state index contributed by atoms with van der Waals surface area (Å²) in [6.45, 7) is 0. The van der Waals surface area contributed by atoms with E-state index >= 15 is 0 Å². The molecule has 5 rings (SSSR count). The molecule has 5 aromatic rings. The molecule has 166 valence electrons. The van der Waals surface area contributed by atoms with E-state index in [1.165, 1.54) is 22.0 Å². The summed E-state index contributed by atoms with van der Waals surface area (Å²) < 4.78 is 5.74. The van der Waals surface area contributed by atoms with Gasteiger partial charge in [0.25, 0.3) is 0 Å². The second kappa shape index (κ2) is 8.69. The van der Waals surface area contributed by atoms with Crippen LogP contribution in [0, 0.1) is 11.3 Å². The van der Waals surface area contributed by atoms with Crippen LogP contribution in [-0.4, -0.2) is 0 Å². The van der Waals surface area contributed by atoms with Crippen molar-refractivity contribution < 1.29 is 4.42 Å². The predicted molar refractivity (Wildman–Crippen MR) is 145 cm³/mol. The number of fused-ring (bicyclic) bond motifs is 1. The van der Waals surface area contributed by atoms with Crippen LogP contribution >= 0.6 is 20.8 Å². The van der Waals surface area contributed by atoms with E-state index in [4.69, 9.17) is 4.42 Å². The molecule has 0 aliphatic rings. The Kier molecular flexibility index (Phi) is 5.70. The Labute approximate surface area is 206 Å². The Morgan fingerprint density at radius 2 is 1.24 bits per heavy atom. The van der Waals surface area contributed by atoms with Crippen molar-refractivity contribution in [2.24, 2.45) is 0 Å². The normalized spacial score (nSPS) is 12.5. The van der Waals surface area contributed by atoms with Gasteiger partial charge in [0.15, 0.2) is 0 Å². The van der Waals surface area contributed by atoms with Gasteiger partial charge < -0.3 is 0 Å². The predicted octanol–water partition coefficient (Wildman–Crippen LogP) is 6.00. The number of benzene rings is 4. The Bertz CT molecular complexity index is 1480. The van der Waals surface area contributed by atoms with Gasteiger partial charge in [-0.3, -0.25) is 0 Å². The average molecular weight is 526 g/mol. The first-order chi connectivity index (χ1) is 16.5. The van der Waals surface area contributed by atoms with Crippen molar-refractivity contribution in [3.8, 4) is 6.07 Å². The van der Waals surface area contributed by atoms with Gasteiger partial charge in [-0.2, -0.15) is 0 Å². The van der Waals surface area contributed by atoms with Crippen molar-refractivity contribution in [2.45, 2.75) is 6.16 Å². The molecule has 0 N–H and O–H groups in total. The summed E-state index contributed by atoms with van der Waals surface area (Å²) in [5.74, 6) is 0.0140. The molecule has 0 aliphatic carbocycles. The van der Waals surface area contributed by atoms with E-state index in [2.05, 4.69) is 88.3 Å². The Morgan fingerprint density at radius 1 is 0.735 bits per heavy atom. The van der Waals surface area contributed by atoms with E-state index in [0.29, 0.717) is 17.1 Å². The van der Waals surface area contributed by atoms with Crippen molar-refractivity contribution in [2.75, 3.05) is 0 Å². The molecule has 0 bridgehead atoms. The molecule has 3 nitrogen and oxygen atoms in total. The van der Waals surface area contributed by atoms with Crippen LogP contribution in [0.1, 0.15) is 11.3 Å². The molecule has 0 radical (unpaired) electrons. The van der Waals surface area contributed by atoms with Crippen LogP contribution in [0.2, 0.25) is 0 Å². The zero-order chi connectivity index (χ0) is 23.6. The van der Waals surface area contributed by atoms with Crippen LogP contribution in [0.5, 0.6) is 0 Å². The van der Waals surface area contributed by atoms with Crippen LogP contribution in [0.4, 0.5) is 0 Å². The molecule has 5 heteroatoms. The molecular weight excluding hydrogens is 505 g/mol. The Morgan fingerprint density at radius 3 is 1.71 bits per heavy atom. The summed E-state index contributed by atoms with van der Waals surface area (Å²) in [7, 11) is 0. The van der Waals surface area contributed by atoms with Crippen LogP contribution < -0.4 is 21.3 Å². The molecule has 0 spiro atoms. The quantitative estimate of drug-likeness (QED) is 0.264. The van der Waals surface area contributed by atoms with Crippen molar-refractivity contribution in [3.63, 3.8) is 0 Å². The maximum absolute atomic E-state index is 12.5. The SMILES string of the molecule is N#Cc1cc(=O)c2ccc(CP(Br)(c3ccccc3)(c3ccccc3)c3ccccc3)cc2o1. The van der Waals surface area contributed by atoms with Crippen LogP contribution in [0.25, 0.3) is 11.0 Å². The molecule has 1 aromatic heterocycles. The van der Waals surface area contributed by atoms with Crippen molar-refractivity contribution in [1.82, 2.24) is 0 Å². The third-order valence-electron chi connectivity index (χ3n) is 6.27. The van der Waals surface area contributed by atoms with Crippen molar-refractivity contribution in [1.29, 1.82) is 5.26 Å². The van der Waals surface area contributed by atoms with E-state index in [1.807, 2.05) is 36.4 Å². The minimum absolute atomic E-state index is 0.0140. The molecule has 0 unspecified atom stereocenters. The third-order valence-corrected chi connectivity index (χ3v) is 15.8. The summed E-state index contributed by atoms with van der Waals surface area (Å²) in [5.41, 5.74) is 1.22. The Balaban J connectivity index is 1.83. The second-order valence-corrected chi connectivity index (χ2v) is 17.2. The van der Waals surface area contributed by atoms with E-state index < -0.39 is 5.31 Å². The summed E-state index contributed by atoms with van der Waals surface area (Å²) >= 11 is 4.45. The first kappa shape index (κ1) is 22.3. The summed E-state index contributed by atoms with van der Waals surface area (Å²) in [4.78, 5) is 12.5. The van der Waals surface area contributed by atoms with Gasteiger partial charge >= 0.3 is 206 Å². The minimum atomic E-state index is -3.18. The van der Waals surface area contributed by atoms with Crippen LogP contribution in [-0.2, 0) is 6.16 Å². The molecule has 34 heavy (non-hydrogen) atoms. The number of halogens is 1. The van der Waals surface area contributed by atoms with Crippen LogP contribution in [0.3, 0.4) is 0 Å². The molecule has 1 heterocycles. The number of nitriles is 1. The number of rotatable bonds is 5. The molecule has 0 amide bonds. The van der Waals surface area contributed by atoms with Gasteiger partial charge in [0, 0.05) is 0 Å². The number of nitrogens with zero attached hydrogens (tertiary/aromatic N) is 1. The van der Waals surface area contributed by atoms with Crippen molar-refractivity contribution >= 4 is 47.7 Å². The van der Waals surface area contributed by atoms with Gasteiger partial charge in [-0.1, -0.05) is 0 Å². The zero-order valence-corrected chi connectivity index (χ0v) is 20.7. The van der Waals surface area contributed by atoms with Crippen LogP contribution in [0.15, 0.2) is 124 Å². The van der Waals surface area contributed by atoms with Gasteiger partial charge in [-0.05, 0) is 0 Å². The van der Waals surface area contributed by atoms with Gasteiger partial charge in [0.05, 0.1) is 0 Å². The fraction of sp³-hybridized carbons (Fsp3) is 0.0345. The fourth-order valence-electron chi connectivity index (χ4n) is 4.63. The molecule has 0 saturated heterocycles. The number of hydrogen-bond donors (Lipinski definition) is 0.